The van der Waals surface area contributed by atoms with E-state index < -0.39 is 24.3 Å². The zero-order chi connectivity index (χ0) is 15.1. The van der Waals surface area contributed by atoms with Crippen molar-refractivity contribution in [2.24, 2.45) is 5.92 Å². The summed E-state index contributed by atoms with van der Waals surface area (Å²) in [4.78, 5) is 23.1. The zero-order valence-corrected chi connectivity index (χ0v) is 13.0. The summed E-state index contributed by atoms with van der Waals surface area (Å²) in [6.45, 7) is 3.30. The topological polar surface area (TPSA) is 55.4 Å². The molecule has 1 rings (SSSR count). The summed E-state index contributed by atoms with van der Waals surface area (Å²) in [6.07, 6.45) is 1.58. The van der Waals surface area contributed by atoms with E-state index in [0.29, 0.717) is 10.9 Å². The molecule has 1 N–H and O–H groups in total. The number of esters is 1. The minimum absolute atomic E-state index is 0.0517. The van der Waals surface area contributed by atoms with Crippen molar-refractivity contribution in [2.75, 3.05) is 11.9 Å². The molecule has 4 nitrogen and oxygen atoms in total. The van der Waals surface area contributed by atoms with Crippen LogP contribution in [-0.4, -0.2) is 18.5 Å². The first-order chi connectivity index (χ1) is 9.43. The van der Waals surface area contributed by atoms with Crippen molar-refractivity contribution in [1.29, 1.82) is 0 Å². The Morgan fingerprint density at radius 1 is 1.45 bits per heavy atom. The first-order valence-electron chi connectivity index (χ1n) is 6.35. The third-order valence-electron chi connectivity index (χ3n) is 2.67. The standard InChI is InChI=1S/C14H17BrFNO3/c1-3-4-9(2)14(19)20-8-13(18)17-12-6-5-10(15)7-11(12)16/h5-7,9H,3-4,8H2,1-2H3,(H,17,18). The molecule has 0 heterocycles. The van der Waals surface area contributed by atoms with E-state index in [1.54, 1.807) is 13.0 Å². The fraction of sp³-hybridized carbons (Fsp3) is 0.429. The lowest BCUT2D eigenvalue weighted by atomic mass is 10.1. The maximum atomic E-state index is 13.5. The van der Waals surface area contributed by atoms with Gasteiger partial charge in [0.15, 0.2) is 6.61 Å². The fourth-order valence-electron chi connectivity index (χ4n) is 1.61. The van der Waals surface area contributed by atoms with Crippen LogP contribution in [0.25, 0.3) is 0 Å². The van der Waals surface area contributed by atoms with Gasteiger partial charge in [0.05, 0.1) is 11.6 Å². The second kappa shape index (κ2) is 7.99. The van der Waals surface area contributed by atoms with Gasteiger partial charge in [0.1, 0.15) is 5.82 Å². The molecule has 0 aliphatic heterocycles. The van der Waals surface area contributed by atoms with E-state index >= 15 is 0 Å². The van der Waals surface area contributed by atoms with Crippen LogP contribution in [0.3, 0.4) is 0 Å². The predicted octanol–water partition coefficient (Wildman–Crippen LogP) is 3.51. The normalized spacial score (nSPS) is 11.8. The van der Waals surface area contributed by atoms with E-state index in [0.717, 1.165) is 6.42 Å². The Morgan fingerprint density at radius 2 is 2.15 bits per heavy atom. The number of hydrogen-bond donors (Lipinski definition) is 1. The van der Waals surface area contributed by atoms with E-state index in [1.165, 1.54) is 12.1 Å². The van der Waals surface area contributed by atoms with Gasteiger partial charge < -0.3 is 10.1 Å². The van der Waals surface area contributed by atoms with Gasteiger partial charge in [-0.3, -0.25) is 9.59 Å². The van der Waals surface area contributed by atoms with Gasteiger partial charge in [0.2, 0.25) is 0 Å². The molecule has 1 unspecified atom stereocenters. The second-order valence-corrected chi connectivity index (χ2v) is 5.39. The summed E-state index contributed by atoms with van der Waals surface area (Å²) in [5.41, 5.74) is 0.0517. The summed E-state index contributed by atoms with van der Waals surface area (Å²) in [7, 11) is 0. The van der Waals surface area contributed by atoms with Crippen molar-refractivity contribution in [2.45, 2.75) is 26.7 Å². The molecule has 0 spiro atoms. The number of halogens is 2. The van der Waals surface area contributed by atoms with Gasteiger partial charge in [-0.1, -0.05) is 36.2 Å². The lowest BCUT2D eigenvalue weighted by Gasteiger charge is -2.11. The molecule has 1 aromatic rings. The van der Waals surface area contributed by atoms with Crippen molar-refractivity contribution in [3.8, 4) is 0 Å². The highest BCUT2D eigenvalue weighted by Crippen LogP contribution is 2.19. The summed E-state index contributed by atoms with van der Waals surface area (Å²) < 4.78 is 18.9. The molecule has 110 valence electrons. The molecule has 0 aliphatic carbocycles. The van der Waals surface area contributed by atoms with Crippen LogP contribution in [0.15, 0.2) is 22.7 Å². The Kier molecular flexibility index (Phi) is 6.64. The Labute approximate surface area is 125 Å². The highest BCUT2D eigenvalue weighted by molar-refractivity contribution is 9.10. The molecule has 1 aromatic carbocycles. The highest BCUT2D eigenvalue weighted by Gasteiger charge is 2.15. The maximum absolute atomic E-state index is 13.5. The summed E-state index contributed by atoms with van der Waals surface area (Å²) >= 11 is 3.12. The van der Waals surface area contributed by atoms with Crippen LogP contribution >= 0.6 is 15.9 Å². The molecule has 1 amide bonds. The molecule has 0 saturated carbocycles. The number of carbonyl (C=O) groups is 2. The van der Waals surface area contributed by atoms with Crippen molar-refractivity contribution < 1.29 is 18.7 Å². The van der Waals surface area contributed by atoms with Crippen LogP contribution < -0.4 is 5.32 Å². The lowest BCUT2D eigenvalue weighted by molar-refractivity contribution is -0.151. The molecule has 0 bridgehead atoms. The van der Waals surface area contributed by atoms with E-state index in [4.69, 9.17) is 4.74 Å². The molecule has 20 heavy (non-hydrogen) atoms. The largest absolute Gasteiger partial charge is 0.455 e. The number of hydrogen-bond acceptors (Lipinski definition) is 3. The average Bonchev–Trinajstić information content (AvgIpc) is 2.39. The number of ether oxygens (including phenoxy) is 1. The maximum Gasteiger partial charge on any atom is 0.309 e. The van der Waals surface area contributed by atoms with Crippen LogP contribution in [0.2, 0.25) is 0 Å². The Hall–Kier alpha value is -1.43. The Morgan fingerprint density at radius 3 is 2.75 bits per heavy atom. The third-order valence-corrected chi connectivity index (χ3v) is 3.17. The van der Waals surface area contributed by atoms with Crippen LogP contribution in [-0.2, 0) is 14.3 Å². The highest BCUT2D eigenvalue weighted by atomic mass is 79.9. The van der Waals surface area contributed by atoms with Gasteiger partial charge in [-0.15, -0.1) is 0 Å². The van der Waals surface area contributed by atoms with Crippen LogP contribution in [0.4, 0.5) is 10.1 Å². The number of anilines is 1. The second-order valence-electron chi connectivity index (χ2n) is 4.47. The molecule has 0 aromatic heterocycles. The minimum atomic E-state index is -0.566. The van der Waals surface area contributed by atoms with Crippen LogP contribution in [0.5, 0.6) is 0 Å². The van der Waals surface area contributed by atoms with E-state index in [1.807, 2.05) is 6.92 Å². The number of rotatable bonds is 6. The minimum Gasteiger partial charge on any atom is -0.455 e. The molecular weight excluding hydrogens is 329 g/mol. The molecule has 0 radical (unpaired) electrons. The lowest BCUT2D eigenvalue weighted by Crippen LogP contribution is -2.24. The Balaban J connectivity index is 2.46. The van der Waals surface area contributed by atoms with Gasteiger partial charge in [0, 0.05) is 4.47 Å². The van der Waals surface area contributed by atoms with Gasteiger partial charge in [-0.25, -0.2) is 4.39 Å². The van der Waals surface area contributed by atoms with Crippen molar-refractivity contribution in [3.05, 3.63) is 28.5 Å². The summed E-state index contributed by atoms with van der Waals surface area (Å²) in [5, 5.41) is 2.35. The van der Waals surface area contributed by atoms with Crippen molar-refractivity contribution in [1.82, 2.24) is 0 Å². The molecule has 0 aliphatic rings. The first kappa shape index (κ1) is 16.6. The van der Waals surface area contributed by atoms with Crippen molar-refractivity contribution >= 4 is 33.5 Å². The SMILES string of the molecule is CCCC(C)C(=O)OCC(=O)Nc1ccc(Br)cc1F. The van der Waals surface area contributed by atoms with Gasteiger partial charge in [-0.2, -0.15) is 0 Å². The average molecular weight is 346 g/mol. The number of carbonyl (C=O) groups excluding carboxylic acids is 2. The van der Waals surface area contributed by atoms with Crippen LogP contribution in [0.1, 0.15) is 26.7 Å². The summed E-state index contributed by atoms with van der Waals surface area (Å²) in [5.74, 6) is -1.78. The molecule has 6 heteroatoms. The van der Waals surface area contributed by atoms with E-state index in [-0.39, 0.29) is 11.6 Å². The van der Waals surface area contributed by atoms with E-state index in [9.17, 15) is 14.0 Å². The first-order valence-corrected chi connectivity index (χ1v) is 7.14. The van der Waals surface area contributed by atoms with Crippen molar-refractivity contribution in [3.63, 3.8) is 0 Å². The monoisotopic (exact) mass is 345 g/mol. The quantitative estimate of drug-likeness (QED) is 0.802. The molecule has 1 atom stereocenters. The number of benzene rings is 1. The fourth-order valence-corrected chi connectivity index (χ4v) is 1.94. The number of nitrogens with one attached hydrogen (secondary N) is 1. The van der Waals surface area contributed by atoms with E-state index in [2.05, 4.69) is 21.2 Å². The smallest absolute Gasteiger partial charge is 0.309 e. The van der Waals surface area contributed by atoms with Gasteiger partial charge >= 0.3 is 5.97 Å². The zero-order valence-electron chi connectivity index (χ0n) is 11.4. The predicted molar refractivity (Wildman–Crippen MR) is 77.8 cm³/mol. The Bertz CT molecular complexity index is 493. The number of amides is 1. The van der Waals surface area contributed by atoms with Gasteiger partial charge in [-0.05, 0) is 24.6 Å². The molecule has 0 saturated heterocycles. The van der Waals surface area contributed by atoms with Gasteiger partial charge in [0.25, 0.3) is 5.91 Å². The molecule has 0 fully saturated rings. The summed E-state index contributed by atoms with van der Waals surface area (Å²) in [6, 6.07) is 4.28. The third kappa shape index (κ3) is 5.28. The molecular formula is C14H17BrFNO3. The van der Waals surface area contributed by atoms with Crippen LogP contribution in [0, 0.1) is 11.7 Å².